The topological polar surface area (TPSA) is 77.5 Å². The summed E-state index contributed by atoms with van der Waals surface area (Å²) < 4.78 is 216. The fraction of sp³-hybridized carbons (Fsp3) is 1.00. The van der Waals surface area contributed by atoms with Crippen molar-refractivity contribution in [2.75, 3.05) is 0 Å². The molecule has 5 nitrogen and oxygen atoms in total. The van der Waals surface area contributed by atoms with Crippen molar-refractivity contribution >= 4 is 20.2 Å². The molecule has 0 aromatic carbocycles. The van der Waals surface area contributed by atoms with Gasteiger partial charge in [0.2, 0.25) is 0 Å². The average molecular weight is 482 g/mol. The molecule has 0 atom stereocenters. The quantitative estimate of drug-likeness (QED) is 0.544. The highest BCUT2D eigenvalue weighted by Gasteiger charge is 2.83. The Morgan fingerprint density at radius 2 is 0.630 bits per heavy atom. The molecule has 21 heteroatoms. The Hall–Kier alpha value is -1.12. The first-order valence-electron chi connectivity index (χ1n) is 5.05. The van der Waals surface area contributed by atoms with E-state index in [9.17, 15) is 78.3 Å². The van der Waals surface area contributed by atoms with Crippen molar-refractivity contribution in [3.8, 4) is 0 Å². The van der Waals surface area contributed by atoms with Crippen molar-refractivity contribution in [3.05, 3.63) is 0 Å². The second-order valence-corrected chi connectivity index (χ2v) is 7.54. The van der Waals surface area contributed by atoms with Gasteiger partial charge in [0.1, 0.15) is 0 Å². The van der Waals surface area contributed by atoms with Gasteiger partial charge in [0.15, 0.2) is 0 Å². The Labute approximate surface area is 138 Å². The first-order valence-corrected chi connectivity index (χ1v) is 7.87. The van der Waals surface area contributed by atoms with Crippen molar-refractivity contribution in [3.63, 3.8) is 0 Å². The van der Waals surface area contributed by atoms with Gasteiger partial charge in [0, 0.05) is 0 Å². The van der Waals surface area contributed by atoms with E-state index in [1.54, 1.807) is 3.63 Å². The Balaban J connectivity index is 6.37. The van der Waals surface area contributed by atoms with Gasteiger partial charge < -0.3 is 0 Å². The van der Waals surface area contributed by atoms with E-state index in [-0.39, 0.29) is 0 Å². The summed E-state index contributed by atoms with van der Waals surface area (Å²) in [6.45, 7) is 0. The molecule has 0 saturated heterocycles. The molecule has 0 rings (SSSR count). The molecule has 0 unspecified atom stereocenters. The van der Waals surface area contributed by atoms with E-state index in [4.69, 9.17) is 0 Å². The van der Waals surface area contributed by atoms with E-state index in [0.717, 1.165) is 0 Å². The predicted molar refractivity (Wildman–Crippen MR) is 50.8 cm³/mol. The summed E-state index contributed by atoms with van der Waals surface area (Å²) in [7, 11) is -16.8. The first kappa shape index (κ1) is 25.9. The van der Waals surface area contributed by atoms with Gasteiger partial charge in [-0.1, -0.05) is 0 Å². The third kappa shape index (κ3) is 3.76. The van der Waals surface area contributed by atoms with E-state index >= 15 is 0 Å². The maximum atomic E-state index is 12.8. The predicted octanol–water partition coefficient (Wildman–Crippen LogP) is 3.24. The van der Waals surface area contributed by atoms with Crippen LogP contribution < -0.4 is 0 Å². The molecule has 27 heavy (non-hydrogen) atoms. The lowest BCUT2D eigenvalue weighted by atomic mass is 10.3. The standard InChI is InChI=1S/C6F14O5S2/c7-1(8,3(11,12)13)5(17,18)26(21,22)25-27(23,24)6(19,20)2(9,10)4(14,15)16. The maximum Gasteiger partial charge on any atom is 0.461 e. The van der Waals surface area contributed by atoms with Gasteiger partial charge in [-0.2, -0.15) is 78.3 Å². The van der Waals surface area contributed by atoms with Crippen molar-refractivity contribution in [1.82, 2.24) is 0 Å². The molecular formula is C6F14O5S2. The Morgan fingerprint density at radius 1 is 0.444 bits per heavy atom. The Bertz CT molecular complexity index is 706. The molecule has 0 aliphatic rings. The van der Waals surface area contributed by atoms with Crippen LogP contribution in [0.1, 0.15) is 0 Å². The first-order chi connectivity index (χ1) is 11.2. The molecule has 0 spiro atoms. The van der Waals surface area contributed by atoms with Crippen LogP contribution in [0.15, 0.2) is 0 Å². The molecule has 0 aliphatic heterocycles. The second-order valence-electron chi connectivity index (χ2n) is 4.15. The fourth-order valence-corrected chi connectivity index (χ4v) is 3.33. The SMILES string of the molecule is O=S(=O)(OS(=O)(=O)C(F)(F)C(F)(F)C(F)(F)F)C(F)(F)C(F)(F)C(F)(F)F. The lowest BCUT2D eigenvalue weighted by Gasteiger charge is -2.29. The summed E-state index contributed by atoms with van der Waals surface area (Å²) in [6, 6.07) is 0. The van der Waals surface area contributed by atoms with Gasteiger partial charge in [0.25, 0.3) is 0 Å². The van der Waals surface area contributed by atoms with Gasteiger partial charge in [-0.05, 0) is 0 Å². The van der Waals surface area contributed by atoms with E-state index in [1.807, 2.05) is 0 Å². The van der Waals surface area contributed by atoms with E-state index in [1.165, 1.54) is 0 Å². The lowest BCUT2D eigenvalue weighted by Crippen LogP contribution is -2.59. The van der Waals surface area contributed by atoms with Gasteiger partial charge in [-0.3, -0.25) is 0 Å². The minimum absolute atomic E-state index is 1.60. The molecule has 0 aromatic heterocycles. The Morgan fingerprint density at radius 3 is 0.778 bits per heavy atom. The van der Waals surface area contributed by atoms with E-state index in [0.29, 0.717) is 0 Å². The van der Waals surface area contributed by atoms with Crippen LogP contribution in [0.25, 0.3) is 0 Å². The molecule has 0 radical (unpaired) electrons. The van der Waals surface area contributed by atoms with Crippen LogP contribution in [-0.4, -0.2) is 51.5 Å². The summed E-state index contributed by atoms with van der Waals surface area (Å²) in [5.74, 6) is -15.5. The van der Waals surface area contributed by atoms with E-state index < -0.39 is 54.9 Å². The molecule has 0 heterocycles. The minimum atomic E-state index is -8.42. The van der Waals surface area contributed by atoms with Crippen molar-refractivity contribution in [2.45, 2.75) is 34.7 Å². The zero-order valence-electron chi connectivity index (χ0n) is 11.1. The minimum Gasteiger partial charge on any atom is -0.192 e. The summed E-state index contributed by atoms with van der Waals surface area (Å²) in [5.41, 5.74) is 0. The second kappa shape index (κ2) is 6.19. The summed E-state index contributed by atoms with van der Waals surface area (Å²) in [5, 5.41) is -15.5. The normalized spacial score (nSPS) is 16.5. The molecule has 0 N–H and O–H groups in total. The molecule has 0 bridgehead atoms. The smallest absolute Gasteiger partial charge is 0.192 e. The number of hydrogen-bond donors (Lipinski definition) is 0. The molecular weight excluding hydrogens is 482 g/mol. The van der Waals surface area contributed by atoms with Crippen molar-refractivity contribution in [1.29, 1.82) is 0 Å². The number of halogens is 14. The molecule has 0 aliphatic carbocycles. The van der Waals surface area contributed by atoms with Gasteiger partial charge in [0.05, 0.1) is 0 Å². The van der Waals surface area contributed by atoms with Gasteiger partial charge >= 0.3 is 54.9 Å². The molecule has 0 saturated carbocycles. The maximum absolute atomic E-state index is 12.8. The van der Waals surface area contributed by atoms with Crippen LogP contribution in [0, 0.1) is 0 Å². The van der Waals surface area contributed by atoms with Crippen LogP contribution >= 0.6 is 0 Å². The van der Waals surface area contributed by atoms with Crippen LogP contribution in [0.5, 0.6) is 0 Å². The van der Waals surface area contributed by atoms with Crippen molar-refractivity contribution < 1.29 is 81.9 Å². The van der Waals surface area contributed by atoms with Crippen LogP contribution in [0.4, 0.5) is 61.5 Å². The van der Waals surface area contributed by atoms with Crippen LogP contribution in [0.3, 0.4) is 0 Å². The number of hydrogen-bond acceptors (Lipinski definition) is 5. The third-order valence-electron chi connectivity index (χ3n) is 2.25. The number of rotatable bonds is 6. The molecule has 0 aromatic rings. The number of alkyl halides is 14. The highest BCUT2D eigenvalue weighted by Crippen LogP contribution is 2.53. The van der Waals surface area contributed by atoms with Crippen molar-refractivity contribution in [2.24, 2.45) is 0 Å². The molecule has 0 amide bonds. The zero-order chi connectivity index (χ0) is 22.7. The lowest BCUT2D eigenvalue weighted by molar-refractivity contribution is -0.334. The average Bonchev–Trinajstić information content (AvgIpc) is 2.33. The monoisotopic (exact) mass is 482 g/mol. The largest absolute Gasteiger partial charge is 0.461 e. The van der Waals surface area contributed by atoms with Gasteiger partial charge in [-0.25, -0.2) is 0 Å². The van der Waals surface area contributed by atoms with E-state index in [2.05, 4.69) is 0 Å². The highest BCUT2D eigenvalue weighted by molar-refractivity contribution is 8.00. The van der Waals surface area contributed by atoms with Crippen LogP contribution in [-0.2, 0) is 23.9 Å². The molecule has 0 fully saturated rings. The van der Waals surface area contributed by atoms with Crippen LogP contribution in [0.2, 0.25) is 0 Å². The third-order valence-corrected chi connectivity index (χ3v) is 5.45. The highest BCUT2D eigenvalue weighted by atomic mass is 32.3. The summed E-state index contributed by atoms with van der Waals surface area (Å²) in [6.07, 6.45) is -15.0. The fourth-order valence-electron chi connectivity index (χ4n) is 0.847. The molecule has 164 valence electrons. The summed E-state index contributed by atoms with van der Waals surface area (Å²) in [4.78, 5) is 0. The summed E-state index contributed by atoms with van der Waals surface area (Å²) >= 11 is 0. The zero-order valence-corrected chi connectivity index (χ0v) is 12.8. The Kier molecular flexibility index (Phi) is 5.93. The van der Waals surface area contributed by atoms with Gasteiger partial charge in [-0.15, -0.1) is 3.63 Å².